The van der Waals surface area contributed by atoms with Crippen LogP contribution >= 0.6 is 0 Å². The third-order valence-electron chi connectivity index (χ3n) is 3.83. The molecular weight excluding hydrogens is 316 g/mol. The Morgan fingerprint density at radius 2 is 1.96 bits per heavy atom. The van der Waals surface area contributed by atoms with Crippen LogP contribution in [0.4, 0.5) is 11.5 Å². The Morgan fingerprint density at radius 3 is 2.76 bits per heavy atom. The van der Waals surface area contributed by atoms with Gasteiger partial charge in [0.15, 0.2) is 0 Å². The van der Waals surface area contributed by atoms with Crippen molar-refractivity contribution in [3.8, 4) is 0 Å². The Morgan fingerprint density at radius 1 is 1.12 bits per heavy atom. The van der Waals surface area contributed by atoms with Crippen LogP contribution < -0.4 is 16.0 Å². The first kappa shape index (κ1) is 18.7. The summed E-state index contributed by atoms with van der Waals surface area (Å²) < 4.78 is 0. The molecule has 4 N–H and O–H groups in total. The standard InChI is InChI=1S/C19H26N4O2/c1-20-19-17(7-3-10-23-19)22-11-4-9-21-12-8-15-5-2-6-16(13-15)14-18(24)25/h2-3,5-7,10,13,21-22H,4,8-9,11-12,14H2,1H3,(H,20,23)(H,24,25). The summed E-state index contributed by atoms with van der Waals surface area (Å²) >= 11 is 0. The molecule has 0 atom stereocenters. The summed E-state index contributed by atoms with van der Waals surface area (Å²) in [4.78, 5) is 15.0. The summed E-state index contributed by atoms with van der Waals surface area (Å²) in [5.41, 5.74) is 3.03. The molecule has 1 aromatic heterocycles. The summed E-state index contributed by atoms with van der Waals surface area (Å²) in [7, 11) is 1.86. The van der Waals surface area contributed by atoms with Gasteiger partial charge in [0.1, 0.15) is 5.82 Å². The highest BCUT2D eigenvalue weighted by molar-refractivity contribution is 5.70. The lowest BCUT2D eigenvalue weighted by atomic mass is 10.1. The molecule has 1 heterocycles. The van der Waals surface area contributed by atoms with E-state index in [0.29, 0.717) is 0 Å². The van der Waals surface area contributed by atoms with Crippen LogP contribution in [-0.2, 0) is 17.6 Å². The molecular formula is C19H26N4O2. The van der Waals surface area contributed by atoms with Crippen LogP contribution in [0, 0.1) is 0 Å². The molecule has 0 saturated carbocycles. The van der Waals surface area contributed by atoms with Crippen LogP contribution in [-0.4, -0.2) is 42.7 Å². The molecule has 2 rings (SSSR count). The number of pyridine rings is 1. The molecule has 0 radical (unpaired) electrons. The van der Waals surface area contributed by atoms with E-state index in [0.717, 1.165) is 49.5 Å². The van der Waals surface area contributed by atoms with Crippen LogP contribution in [0.25, 0.3) is 0 Å². The summed E-state index contributed by atoms with van der Waals surface area (Å²) in [6.45, 7) is 2.68. The minimum atomic E-state index is -0.794. The SMILES string of the molecule is CNc1ncccc1NCCCNCCc1cccc(CC(=O)O)c1. The number of hydrogen-bond donors (Lipinski definition) is 4. The van der Waals surface area contributed by atoms with E-state index in [2.05, 4.69) is 20.9 Å². The van der Waals surface area contributed by atoms with Crippen LogP contribution in [0.15, 0.2) is 42.6 Å². The van der Waals surface area contributed by atoms with E-state index in [9.17, 15) is 4.79 Å². The molecule has 0 saturated heterocycles. The van der Waals surface area contributed by atoms with Gasteiger partial charge >= 0.3 is 5.97 Å². The van der Waals surface area contributed by atoms with Gasteiger partial charge < -0.3 is 21.1 Å². The Bertz CT molecular complexity index is 676. The smallest absolute Gasteiger partial charge is 0.307 e. The Kier molecular flexibility index (Phi) is 7.72. The van der Waals surface area contributed by atoms with Crippen molar-refractivity contribution in [2.75, 3.05) is 37.3 Å². The van der Waals surface area contributed by atoms with Gasteiger partial charge in [0.05, 0.1) is 12.1 Å². The van der Waals surface area contributed by atoms with Crippen molar-refractivity contribution < 1.29 is 9.90 Å². The van der Waals surface area contributed by atoms with Crippen LogP contribution in [0.2, 0.25) is 0 Å². The average Bonchev–Trinajstić information content (AvgIpc) is 2.61. The molecule has 0 aliphatic rings. The molecule has 6 heteroatoms. The minimum Gasteiger partial charge on any atom is -0.481 e. The Hall–Kier alpha value is -2.60. The minimum absolute atomic E-state index is 0.0793. The molecule has 0 amide bonds. The van der Waals surface area contributed by atoms with Gasteiger partial charge in [-0.15, -0.1) is 0 Å². The van der Waals surface area contributed by atoms with Gasteiger partial charge in [0.25, 0.3) is 0 Å². The molecule has 1 aromatic carbocycles. The van der Waals surface area contributed by atoms with Gasteiger partial charge in [-0.05, 0) is 49.2 Å². The molecule has 134 valence electrons. The fraction of sp³-hybridized carbons (Fsp3) is 0.368. The highest BCUT2D eigenvalue weighted by Gasteiger charge is 2.02. The van der Waals surface area contributed by atoms with Crippen LogP contribution in [0.3, 0.4) is 0 Å². The number of nitrogens with one attached hydrogen (secondary N) is 3. The number of anilines is 2. The quantitative estimate of drug-likeness (QED) is 0.469. The van der Waals surface area contributed by atoms with E-state index in [4.69, 9.17) is 5.11 Å². The van der Waals surface area contributed by atoms with Crippen LogP contribution in [0.5, 0.6) is 0 Å². The van der Waals surface area contributed by atoms with E-state index < -0.39 is 5.97 Å². The van der Waals surface area contributed by atoms with Crippen molar-refractivity contribution >= 4 is 17.5 Å². The Balaban J connectivity index is 1.61. The first-order chi connectivity index (χ1) is 12.2. The number of rotatable bonds is 11. The second-order valence-electron chi connectivity index (χ2n) is 5.82. The fourth-order valence-electron chi connectivity index (χ4n) is 2.61. The first-order valence-electron chi connectivity index (χ1n) is 8.56. The number of nitrogens with zero attached hydrogens (tertiary/aromatic N) is 1. The van der Waals surface area contributed by atoms with Gasteiger partial charge in [0, 0.05) is 19.8 Å². The second-order valence-corrected chi connectivity index (χ2v) is 5.82. The number of aromatic nitrogens is 1. The van der Waals surface area contributed by atoms with Gasteiger partial charge in [-0.2, -0.15) is 0 Å². The molecule has 25 heavy (non-hydrogen) atoms. The summed E-state index contributed by atoms with van der Waals surface area (Å²) in [5.74, 6) is 0.0644. The summed E-state index contributed by atoms with van der Waals surface area (Å²) in [6.07, 6.45) is 3.75. The Labute approximate surface area is 148 Å². The number of carbonyl (C=O) groups is 1. The third-order valence-corrected chi connectivity index (χ3v) is 3.83. The number of benzene rings is 1. The lowest BCUT2D eigenvalue weighted by Gasteiger charge is -2.11. The van der Waals surface area contributed by atoms with Crippen molar-refractivity contribution in [3.63, 3.8) is 0 Å². The predicted molar refractivity (Wildman–Crippen MR) is 101 cm³/mol. The maximum Gasteiger partial charge on any atom is 0.307 e. The zero-order chi connectivity index (χ0) is 17.9. The largest absolute Gasteiger partial charge is 0.481 e. The number of carboxylic acid groups (broad SMARTS) is 1. The molecule has 0 aliphatic carbocycles. The number of carboxylic acids is 1. The molecule has 0 unspecified atom stereocenters. The lowest BCUT2D eigenvalue weighted by molar-refractivity contribution is -0.136. The van der Waals surface area contributed by atoms with Crippen molar-refractivity contribution in [2.45, 2.75) is 19.3 Å². The van der Waals surface area contributed by atoms with Crippen molar-refractivity contribution in [3.05, 3.63) is 53.7 Å². The fourth-order valence-corrected chi connectivity index (χ4v) is 2.61. The zero-order valence-corrected chi connectivity index (χ0v) is 14.6. The highest BCUT2D eigenvalue weighted by atomic mass is 16.4. The topological polar surface area (TPSA) is 86.3 Å². The van der Waals surface area contributed by atoms with Gasteiger partial charge in [-0.25, -0.2) is 4.98 Å². The molecule has 0 fully saturated rings. The van der Waals surface area contributed by atoms with Gasteiger partial charge in [-0.1, -0.05) is 24.3 Å². The van der Waals surface area contributed by atoms with Crippen LogP contribution in [0.1, 0.15) is 17.5 Å². The van der Waals surface area contributed by atoms with Gasteiger partial charge in [0.2, 0.25) is 0 Å². The third kappa shape index (κ3) is 6.81. The van der Waals surface area contributed by atoms with E-state index in [-0.39, 0.29) is 6.42 Å². The van der Waals surface area contributed by atoms with Crippen molar-refractivity contribution in [1.82, 2.24) is 10.3 Å². The van der Waals surface area contributed by atoms with Gasteiger partial charge in [-0.3, -0.25) is 4.79 Å². The van der Waals surface area contributed by atoms with E-state index >= 15 is 0 Å². The molecule has 6 nitrogen and oxygen atoms in total. The monoisotopic (exact) mass is 342 g/mol. The van der Waals surface area contributed by atoms with E-state index in [1.807, 2.05) is 43.4 Å². The summed E-state index contributed by atoms with van der Waals surface area (Å²) in [5, 5.41) is 18.7. The number of aliphatic carboxylic acids is 1. The summed E-state index contributed by atoms with van der Waals surface area (Å²) in [6, 6.07) is 11.7. The first-order valence-corrected chi connectivity index (χ1v) is 8.56. The van der Waals surface area contributed by atoms with Crippen molar-refractivity contribution in [1.29, 1.82) is 0 Å². The maximum absolute atomic E-state index is 10.8. The molecule has 0 spiro atoms. The van der Waals surface area contributed by atoms with Crippen molar-refractivity contribution in [2.24, 2.45) is 0 Å². The highest BCUT2D eigenvalue weighted by Crippen LogP contribution is 2.16. The van der Waals surface area contributed by atoms with E-state index in [1.165, 1.54) is 5.56 Å². The maximum atomic E-state index is 10.8. The predicted octanol–water partition coefficient (Wildman–Crippen LogP) is 2.38. The molecule has 0 bridgehead atoms. The lowest BCUT2D eigenvalue weighted by Crippen LogP contribution is -2.21. The second kappa shape index (κ2) is 10.3. The molecule has 2 aromatic rings. The number of hydrogen-bond acceptors (Lipinski definition) is 5. The normalized spacial score (nSPS) is 10.4. The zero-order valence-electron chi connectivity index (χ0n) is 14.6. The van der Waals surface area contributed by atoms with E-state index in [1.54, 1.807) is 6.20 Å². The molecule has 0 aliphatic heterocycles. The average molecular weight is 342 g/mol.